The molecule has 4 heterocycles. The predicted molar refractivity (Wildman–Crippen MR) is 119 cm³/mol. The van der Waals surface area contributed by atoms with Gasteiger partial charge >= 0.3 is 0 Å². The van der Waals surface area contributed by atoms with Gasteiger partial charge in [-0.3, -0.25) is 10.6 Å². The largest absolute Gasteiger partial charge is 0.353 e. The third-order valence-electron chi connectivity index (χ3n) is 6.11. The van der Waals surface area contributed by atoms with Crippen molar-refractivity contribution >= 4 is 11.9 Å². The van der Waals surface area contributed by atoms with E-state index in [1.165, 1.54) is 19.3 Å². The Morgan fingerprint density at radius 2 is 1.93 bits per heavy atom. The molecule has 1 unspecified atom stereocenters. The number of aliphatic imine (C=N–C) groups is 2. The molecule has 1 aromatic rings. The Bertz CT molecular complexity index is 716. The van der Waals surface area contributed by atoms with E-state index in [9.17, 15) is 0 Å². The summed E-state index contributed by atoms with van der Waals surface area (Å²) in [6, 6.07) is 0. The molecule has 3 aliphatic heterocycles. The van der Waals surface area contributed by atoms with Gasteiger partial charge in [0.1, 0.15) is 5.82 Å². The van der Waals surface area contributed by atoms with Crippen molar-refractivity contribution in [2.24, 2.45) is 15.7 Å². The van der Waals surface area contributed by atoms with Crippen LogP contribution in [0.15, 0.2) is 22.4 Å². The summed E-state index contributed by atoms with van der Waals surface area (Å²) in [6.07, 6.45) is 8.62. The smallest absolute Gasteiger partial charge is 0.224 e. The number of piperidine rings is 1. The average molecular weight is 417 g/mol. The van der Waals surface area contributed by atoms with Crippen LogP contribution in [0.2, 0.25) is 0 Å². The number of likely N-dealkylation sites (tertiary alicyclic amines) is 1. The Labute approximate surface area is 179 Å². The van der Waals surface area contributed by atoms with Crippen LogP contribution in [-0.2, 0) is 6.42 Å². The highest BCUT2D eigenvalue weighted by molar-refractivity contribution is 5.97. The number of nitrogens with two attached hydrogens (primary N) is 1. The van der Waals surface area contributed by atoms with Crippen LogP contribution in [0, 0.1) is 0 Å². The number of nitrogens with one attached hydrogen (secondary N) is 3. The molecule has 5 N–H and O–H groups in total. The standard InChI is InChI=1S/C20H36N10/c1-28-13-15-29(16-14-28)12-9-24-18-25-19(30-10-3-2-4-11-30)27-20(21,26-18)6-5-17-22-7-8-23-17/h7-8H,2-6,9-16,21H2,1H3,(H,22,23)(H2,24,25,26,27). The normalized spacial score (nSPS) is 26.1. The number of hydrogen-bond acceptors (Lipinski definition) is 9. The zero-order valence-electron chi connectivity index (χ0n) is 18.1. The van der Waals surface area contributed by atoms with Crippen LogP contribution < -0.4 is 16.4 Å². The summed E-state index contributed by atoms with van der Waals surface area (Å²) in [5.74, 6) is 1.50. The number of aryl methyl sites for hydroxylation is 1. The van der Waals surface area contributed by atoms with E-state index in [0.717, 1.165) is 70.6 Å². The molecule has 4 rings (SSSR count). The van der Waals surface area contributed by atoms with E-state index >= 15 is 0 Å². The molecule has 1 aromatic heterocycles. The van der Waals surface area contributed by atoms with Crippen LogP contribution in [0.5, 0.6) is 0 Å². The number of imidazole rings is 1. The first-order valence-corrected chi connectivity index (χ1v) is 11.2. The summed E-state index contributed by atoms with van der Waals surface area (Å²) in [7, 11) is 2.18. The van der Waals surface area contributed by atoms with Crippen LogP contribution >= 0.6 is 0 Å². The number of rotatable bonds is 6. The van der Waals surface area contributed by atoms with E-state index in [0.29, 0.717) is 12.4 Å². The first-order chi connectivity index (χ1) is 14.6. The van der Waals surface area contributed by atoms with E-state index in [4.69, 9.17) is 15.7 Å². The first kappa shape index (κ1) is 21.1. The molecular formula is C20H36N10. The minimum Gasteiger partial charge on any atom is -0.353 e. The minimum absolute atomic E-state index is 0.630. The second-order valence-corrected chi connectivity index (χ2v) is 8.58. The molecule has 10 nitrogen and oxygen atoms in total. The van der Waals surface area contributed by atoms with Gasteiger partial charge in [-0.1, -0.05) is 0 Å². The number of H-pyrrole nitrogens is 1. The van der Waals surface area contributed by atoms with E-state index in [2.05, 4.69) is 42.3 Å². The minimum atomic E-state index is -0.891. The van der Waals surface area contributed by atoms with Gasteiger partial charge in [-0.2, -0.15) is 4.99 Å². The van der Waals surface area contributed by atoms with E-state index in [1.54, 1.807) is 6.20 Å². The molecular weight excluding hydrogens is 380 g/mol. The lowest BCUT2D eigenvalue weighted by atomic mass is 10.1. The average Bonchev–Trinajstić information content (AvgIpc) is 3.28. The molecule has 0 spiro atoms. The predicted octanol–water partition coefficient (Wildman–Crippen LogP) is -0.407. The maximum atomic E-state index is 6.69. The number of piperazine rings is 1. The molecule has 0 aliphatic carbocycles. The monoisotopic (exact) mass is 416 g/mol. The Hall–Kier alpha value is -2.17. The van der Waals surface area contributed by atoms with E-state index in [1.807, 2.05) is 6.20 Å². The van der Waals surface area contributed by atoms with Crippen molar-refractivity contribution in [1.29, 1.82) is 0 Å². The van der Waals surface area contributed by atoms with Crippen molar-refractivity contribution in [2.75, 3.05) is 59.4 Å². The number of aromatic amines is 1. The number of likely N-dealkylation sites (N-methyl/N-ethyl adjacent to an activating group) is 1. The third kappa shape index (κ3) is 5.71. The fourth-order valence-corrected chi connectivity index (χ4v) is 4.16. The third-order valence-corrected chi connectivity index (χ3v) is 6.11. The first-order valence-electron chi connectivity index (χ1n) is 11.2. The molecule has 30 heavy (non-hydrogen) atoms. The van der Waals surface area contributed by atoms with Gasteiger partial charge in [0.15, 0.2) is 5.79 Å². The van der Waals surface area contributed by atoms with Gasteiger partial charge in [-0.25, -0.2) is 9.98 Å². The van der Waals surface area contributed by atoms with Gasteiger partial charge in [0.25, 0.3) is 0 Å². The highest BCUT2D eigenvalue weighted by atomic mass is 15.4. The van der Waals surface area contributed by atoms with Crippen LogP contribution in [0.4, 0.5) is 0 Å². The number of aromatic nitrogens is 2. The molecule has 0 aromatic carbocycles. The van der Waals surface area contributed by atoms with Crippen LogP contribution in [0.1, 0.15) is 31.5 Å². The molecule has 166 valence electrons. The summed E-state index contributed by atoms with van der Waals surface area (Å²) < 4.78 is 0. The van der Waals surface area contributed by atoms with Crippen LogP contribution in [-0.4, -0.2) is 102 Å². The lowest BCUT2D eigenvalue weighted by Crippen LogP contribution is -2.62. The molecule has 1 atom stereocenters. The Morgan fingerprint density at radius 3 is 2.67 bits per heavy atom. The van der Waals surface area contributed by atoms with Crippen molar-refractivity contribution in [1.82, 2.24) is 35.3 Å². The Balaban J connectivity index is 1.39. The van der Waals surface area contributed by atoms with Crippen LogP contribution in [0.25, 0.3) is 0 Å². The quantitative estimate of drug-likeness (QED) is 0.499. The molecule has 0 bridgehead atoms. The van der Waals surface area contributed by atoms with Crippen molar-refractivity contribution in [3.05, 3.63) is 18.2 Å². The molecule has 0 amide bonds. The van der Waals surface area contributed by atoms with Crippen LogP contribution in [0.3, 0.4) is 0 Å². The molecule has 2 fully saturated rings. The zero-order valence-corrected chi connectivity index (χ0v) is 18.1. The van der Waals surface area contributed by atoms with Crippen molar-refractivity contribution in [3.8, 4) is 0 Å². The Kier molecular flexibility index (Phi) is 6.86. The van der Waals surface area contributed by atoms with Gasteiger partial charge in [0.05, 0.1) is 0 Å². The summed E-state index contributed by atoms with van der Waals surface area (Å²) in [5.41, 5.74) is 6.69. The summed E-state index contributed by atoms with van der Waals surface area (Å²) in [6.45, 7) is 8.29. The number of nitrogens with zero attached hydrogens (tertiary/aromatic N) is 6. The second kappa shape index (κ2) is 9.76. The van der Waals surface area contributed by atoms with Gasteiger partial charge < -0.3 is 25.4 Å². The van der Waals surface area contributed by atoms with Gasteiger partial charge in [0.2, 0.25) is 11.9 Å². The Morgan fingerprint density at radius 1 is 1.13 bits per heavy atom. The second-order valence-electron chi connectivity index (χ2n) is 8.58. The molecule has 2 saturated heterocycles. The van der Waals surface area contributed by atoms with Gasteiger partial charge in [-0.05, 0) is 26.3 Å². The fraction of sp³-hybridized carbons (Fsp3) is 0.750. The topological polar surface area (TPSA) is 113 Å². The highest BCUT2D eigenvalue weighted by Gasteiger charge is 2.32. The van der Waals surface area contributed by atoms with Crippen molar-refractivity contribution in [2.45, 2.75) is 37.9 Å². The van der Waals surface area contributed by atoms with Gasteiger partial charge in [-0.15, -0.1) is 0 Å². The zero-order chi connectivity index (χ0) is 20.8. The number of guanidine groups is 2. The van der Waals surface area contributed by atoms with E-state index < -0.39 is 5.79 Å². The lowest BCUT2D eigenvalue weighted by Gasteiger charge is -2.38. The maximum Gasteiger partial charge on any atom is 0.224 e. The molecule has 0 saturated carbocycles. The molecule has 10 heteroatoms. The summed E-state index contributed by atoms with van der Waals surface area (Å²) in [4.78, 5) is 24.1. The fourth-order valence-electron chi connectivity index (χ4n) is 4.16. The summed E-state index contributed by atoms with van der Waals surface area (Å²) >= 11 is 0. The molecule has 3 aliphatic rings. The van der Waals surface area contributed by atoms with E-state index in [-0.39, 0.29) is 0 Å². The maximum absolute atomic E-state index is 6.69. The van der Waals surface area contributed by atoms with Gasteiger partial charge in [0, 0.05) is 77.6 Å². The summed E-state index contributed by atoms with van der Waals surface area (Å²) in [5, 5.41) is 6.84. The van der Waals surface area contributed by atoms with Crippen molar-refractivity contribution < 1.29 is 0 Å². The molecule has 0 radical (unpaired) electrons. The SMILES string of the molecule is CN1CCN(CCNC2=NC(N)(CCc3ncc[nH]3)NC(N3CCCCC3)=N2)CC1. The number of hydrogen-bond donors (Lipinski definition) is 4. The highest BCUT2D eigenvalue weighted by Crippen LogP contribution is 2.16. The lowest BCUT2D eigenvalue weighted by molar-refractivity contribution is 0.156. The van der Waals surface area contributed by atoms with Crippen molar-refractivity contribution in [3.63, 3.8) is 0 Å².